The number of amides is 2. The predicted octanol–water partition coefficient (Wildman–Crippen LogP) is 7.33. The lowest BCUT2D eigenvalue weighted by Crippen LogP contribution is -2.41. The molecule has 1 saturated heterocycles. The zero-order valence-corrected chi connectivity index (χ0v) is 23.3. The molecule has 0 aliphatic carbocycles. The van der Waals surface area contributed by atoms with Gasteiger partial charge in [0.2, 0.25) is 5.91 Å². The zero-order valence-electron chi connectivity index (χ0n) is 21.7. The van der Waals surface area contributed by atoms with E-state index in [0.29, 0.717) is 0 Å². The summed E-state index contributed by atoms with van der Waals surface area (Å²) in [6.07, 6.45) is 7.24. The van der Waals surface area contributed by atoms with Gasteiger partial charge in [0.05, 0.1) is 0 Å². The van der Waals surface area contributed by atoms with E-state index in [0.717, 1.165) is 47.3 Å². The van der Waals surface area contributed by atoms with Gasteiger partial charge in [-0.25, -0.2) is 9.69 Å². The molecule has 4 rings (SSSR count). The molecular formula is C32H36BrNO4. The van der Waals surface area contributed by atoms with Crippen LogP contribution in [0.25, 0.3) is 0 Å². The fraction of sp³-hybridized carbons (Fsp3) is 0.375. The Morgan fingerprint density at radius 3 is 2.13 bits per heavy atom. The molecule has 5 nitrogen and oxygen atoms in total. The lowest BCUT2D eigenvalue weighted by Gasteiger charge is -2.26. The molecule has 0 aromatic heterocycles. The molecule has 3 aromatic carbocycles. The molecule has 0 saturated carbocycles. The molecule has 3 aromatic rings. The zero-order chi connectivity index (χ0) is 26.7. The summed E-state index contributed by atoms with van der Waals surface area (Å²) in [5, 5.41) is 11.2. The molecule has 6 heteroatoms. The van der Waals surface area contributed by atoms with Crippen molar-refractivity contribution >= 4 is 27.9 Å². The Bertz CT molecular complexity index is 1170. The molecule has 1 N–H and O–H groups in total. The van der Waals surface area contributed by atoms with Crippen molar-refractivity contribution in [1.82, 2.24) is 4.90 Å². The summed E-state index contributed by atoms with van der Waals surface area (Å²) in [6, 6.07) is 27.2. The Labute approximate surface area is 234 Å². The monoisotopic (exact) mass is 577 g/mol. The molecule has 1 heterocycles. The van der Waals surface area contributed by atoms with E-state index in [2.05, 4.69) is 46.3 Å². The summed E-state index contributed by atoms with van der Waals surface area (Å²) in [4.78, 5) is 26.0. The number of carbonyl (C=O) groups excluding carboxylic acids is 2. The van der Waals surface area contributed by atoms with Crippen LogP contribution in [0.15, 0.2) is 84.9 Å². The number of aliphatic hydroxyl groups is 1. The second-order valence-corrected chi connectivity index (χ2v) is 10.9. The number of unbranched alkanes of at least 4 members (excludes halogenated alkanes) is 5. The number of rotatable bonds is 13. The molecule has 1 fully saturated rings. The Balaban J connectivity index is 1.27. The van der Waals surface area contributed by atoms with Crippen LogP contribution in [-0.4, -0.2) is 33.4 Å². The van der Waals surface area contributed by atoms with E-state index in [1.807, 2.05) is 54.6 Å². The molecule has 3 atom stereocenters. The minimum absolute atomic E-state index is 0.104. The van der Waals surface area contributed by atoms with Crippen molar-refractivity contribution in [3.8, 4) is 0 Å². The van der Waals surface area contributed by atoms with Gasteiger partial charge < -0.3 is 9.84 Å². The average Bonchev–Trinajstić information content (AvgIpc) is 3.35. The highest BCUT2D eigenvalue weighted by atomic mass is 79.9. The third-order valence-electron chi connectivity index (χ3n) is 7.19. The topological polar surface area (TPSA) is 66.8 Å². The number of carbonyl (C=O) groups is 2. The van der Waals surface area contributed by atoms with Gasteiger partial charge in [0.25, 0.3) is 0 Å². The van der Waals surface area contributed by atoms with Crippen LogP contribution in [0.3, 0.4) is 0 Å². The molecule has 1 aliphatic rings. The summed E-state index contributed by atoms with van der Waals surface area (Å²) in [7, 11) is 0. The van der Waals surface area contributed by atoms with Crippen LogP contribution in [0.4, 0.5) is 4.79 Å². The van der Waals surface area contributed by atoms with Gasteiger partial charge >= 0.3 is 6.09 Å². The third kappa shape index (κ3) is 7.33. The van der Waals surface area contributed by atoms with Gasteiger partial charge in [-0.3, -0.25) is 4.79 Å². The number of hydrogen-bond acceptors (Lipinski definition) is 4. The number of cyclic esters (lactones) is 1. The Morgan fingerprint density at radius 2 is 1.42 bits per heavy atom. The van der Waals surface area contributed by atoms with Gasteiger partial charge in [-0.1, -0.05) is 127 Å². The first-order chi connectivity index (χ1) is 18.6. The van der Waals surface area contributed by atoms with Gasteiger partial charge in [-0.15, -0.1) is 0 Å². The van der Waals surface area contributed by atoms with Crippen molar-refractivity contribution < 1.29 is 19.4 Å². The van der Waals surface area contributed by atoms with E-state index in [1.165, 1.54) is 31.2 Å². The normalized spacial score (nSPS) is 16.7. The fourth-order valence-corrected chi connectivity index (χ4v) is 5.56. The Hall–Kier alpha value is -2.96. The quantitative estimate of drug-likeness (QED) is 0.170. The van der Waals surface area contributed by atoms with Crippen molar-refractivity contribution in [3.63, 3.8) is 0 Å². The number of ether oxygens (including phenoxy) is 1. The van der Waals surface area contributed by atoms with E-state index >= 15 is 0 Å². The smallest absolute Gasteiger partial charge is 0.417 e. The Kier molecular flexibility index (Phi) is 10.5. The number of halogens is 1. The van der Waals surface area contributed by atoms with Gasteiger partial charge in [0, 0.05) is 0 Å². The highest BCUT2D eigenvalue weighted by molar-refractivity contribution is 9.10. The molecule has 0 radical (unpaired) electrons. The number of nitrogens with zero attached hydrogens (tertiary/aromatic N) is 1. The Morgan fingerprint density at radius 1 is 0.842 bits per heavy atom. The van der Waals surface area contributed by atoms with Crippen molar-refractivity contribution in [2.24, 2.45) is 0 Å². The SMILES string of the molecule is O=C1OC[C@@H](c2ccccc2)N1C(=O)[C@H](Br)[C@H](O)c1ccccc1CCCCCCCCc1ccccc1. The summed E-state index contributed by atoms with van der Waals surface area (Å²) in [5.41, 5.74) is 3.98. The standard InChI is InChI=1S/C32H36BrNO4/c33-29(31(36)34-28(23-38-32(34)37)26-20-11-6-12-21-26)30(35)27-22-14-13-19-25(27)18-10-4-2-1-3-7-15-24-16-8-5-9-17-24/h5-6,8-9,11-14,16-17,19-22,28-30,35H,1-4,7,10,15,18,23H2/t28-,29+,30+/m0/s1. The second kappa shape index (κ2) is 14.3. The molecule has 2 amide bonds. The fourth-order valence-electron chi connectivity index (χ4n) is 5.06. The first-order valence-corrected chi connectivity index (χ1v) is 14.5. The van der Waals surface area contributed by atoms with Crippen LogP contribution in [0.5, 0.6) is 0 Å². The van der Waals surface area contributed by atoms with E-state index < -0.39 is 29.0 Å². The van der Waals surface area contributed by atoms with Crippen LogP contribution < -0.4 is 0 Å². The lowest BCUT2D eigenvalue weighted by molar-refractivity contribution is -0.130. The summed E-state index contributed by atoms with van der Waals surface area (Å²) in [6.45, 7) is 0.104. The van der Waals surface area contributed by atoms with Crippen LogP contribution in [0.1, 0.15) is 72.9 Å². The number of imide groups is 1. The van der Waals surface area contributed by atoms with Gasteiger partial charge in [0.15, 0.2) is 0 Å². The largest absolute Gasteiger partial charge is 0.446 e. The molecule has 38 heavy (non-hydrogen) atoms. The van der Waals surface area contributed by atoms with Crippen LogP contribution in [-0.2, 0) is 22.4 Å². The van der Waals surface area contributed by atoms with Gasteiger partial charge in [0.1, 0.15) is 23.6 Å². The van der Waals surface area contributed by atoms with Crippen LogP contribution in [0, 0.1) is 0 Å². The average molecular weight is 579 g/mol. The first kappa shape index (κ1) is 28.1. The first-order valence-electron chi connectivity index (χ1n) is 13.5. The number of alkyl halides is 1. The van der Waals surface area contributed by atoms with E-state index in [4.69, 9.17) is 4.74 Å². The second-order valence-electron chi connectivity index (χ2n) is 9.86. The summed E-state index contributed by atoms with van der Waals surface area (Å²) in [5.74, 6) is -0.501. The predicted molar refractivity (Wildman–Crippen MR) is 153 cm³/mol. The lowest BCUT2D eigenvalue weighted by atomic mass is 9.95. The van der Waals surface area contributed by atoms with Crippen molar-refractivity contribution in [2.45, 2.75) is 68.3 Å². The number of aliphatic hydroxyl groups excluding tert-OH is 1. The number of aryl methyl sites for hydroxylation is 2. The number of hydrogen-bond donors (Lipinski definition) is 1. The van der Waals surface area contributed by atoms with Gasteiger partial charge in [-0.05, 0) is 47.9 Å². The highest BCUT2D eigenvalue weighted by Crippen LogP contribution is 2.33. The molecule has 0 unspecified atom stereocenters. The van der Waals surface area contributed by atoms with E-state index in [1.54, 1.807) is 0 Å². The molecule has 1 aliphatic heterocycles. The maximum atomic E-state index is 13.4. The van der Waals surface area contributed by atoms with Crippen molar-refractivity contribution in [3.05, 3.63) is 107 Å². The van der Waals surface area contributed by atoms with Crippen molar-refractivity contribution in [1.29, 1.82) is 0 Å². The van der Waals surface area contributed by atoms with Crippen molar-refractivity contribution in [2.75, 3.05) is 6.61 Å². The van der Waals surface area contributed by atoms with Crippen LogP contribution in [0.2, 0.25) is 0 Å². The molecular weight excluding hydrogens is 542 g/mol. The van der Waals surface area contributed by atoms with Gasteiger partial charge in [-0.2, -0.15) is 0 Å². The highest BCUT2D eigenvalue weighted by Gasteiger charge is 2.43. The third-order valence-corrected chi connectivity index (χ3v) is 8.08. The summed E-state index contributed by atoms with van der Waals surface area (Å²) >= 11 is 3.40. The summed E-state index contributed by atoms with van der Waals surface area (Å²) < 4.78 is 5.20. The maximum Gasteiger partial charge on any atom is 0.417 e. The number of benzene rings is 3. The molecule has 200 valence electrons. The van der Waals surface area contributed by atoms with E-state index in [9.17, 15) is 14.7 Å². The minimum atomic E-state index is -1.08. The minimum Gasteiger partial charge on any atom is -0.446 e. The molecule has 0 spiro atoms. The van der Waals surface area contributed by atoms with Crippen LogP contribution >= 0.6 is 15.9 Å². The molecule has 0 bridgehead atoms. The van der Waals surface area contributed by atoms with E-state index in [-0.39, 0.29) is 6.61 Å². The maximum absolute atomic E-state index is 13.4.